The largest absolute Gasteiger partial charge is 0.375 e. The Morgan fingerprint density at radius 1 is 1.43 bits per heavy atom. The van der Waals surface area contributed by atoms with Crippen molar-refractivity contribution < 1.29 is 4.79 Å². The normalized spacial score (nSPS) is 17.4. The Balaban J connectivity index is 2.15. The molecule has 0 radical (unpaired) electrons. The lowest BCUT2D eigenvalue weighted by Gasteiger charge is -2.20. The topological polar surface area (TPSA) is 67.2 Å². The molecule has 80 valence electrons. The summed E-state index contributed by atoms with van der Waals surface area (Å²) >= 11 is 6.52. The van der Waals surface area contributed by atoms with E-state index in [0.29, 0.717) is 12.3 Å². The molecule has 0 aromatic heterocycles. The summed E-state index contributed by atoms with van der Waals surface area (Å²) in [5, 5.41) is 0.0950. The Bertz CT molecular complexity index is 217. The van der Waals surface area contributed by atoms with E-state index in [9.17, 15) is 4.79 Å². The third kappa shape index (κ3) is 4.66. The molecule has 0 bridgehead atoms. The Kier molecular flexibility index (Phi) is 5.03. The van der Waals surface area contributed by atoms with Gasteiger partial charge >= 0.3 is 0 Å². The van der Waals surface area contributed by atoms with E-state index in [1.165, 1.54) is 11.5 Å². The SMILES string of the molecule is NC(=S)NNC(=O)CC1CCSCC1. The molecule has 4 N–H and O–H groups in total. The summed E-state index contributed by atoms with van der Waals surface area (Å²) in [5.74, 6) is 2.82. The molecule has 1 saturated heterocycles. The van der Waals surface area contributed by atoms with Gasteiger partial charge in [-0.2, -0.15) is 11.8 Å². The fourth-order valence-electron chi connectivity index (χ4n) is 1.40. The molecule has 4 nitrogen and oxygen atoms in total. The van der Waals surface area contributed by atoms with E-state index in [4.69, 9.17) is 5.73 Å². The van der Waals surface area contributed by atoms with Crippen LogP contribution >= 0.6 is 24.0 Å². The zero-order valence-corrected chi connectivity index (χ0v) is 9.55. The van der Waals surface area contributed by atoms with E-state index in [-0.39, 0.29) is 11.0 Å². The van der Waals surface area contributed by atoms with Crippen molar-refractivity contribution in [1.82, 2.24) is 10.9 Å². The number of hydrogen-bond acceptors (Lipinski definition) is 3. The molecule has 0 aliphatic carbocycles. The maximum atomic E-state index is 11.3. The van der Waals surface area contributed by atoms with Crippen molar-refractivity contribution in [3.63, 3.8) is 0 Å². The number of nitrogens with two attached hydrogens (primary N) is 1. The molecular formula is C8H15N3OS2. The molecule has 1 aliphatic rings. The first kappa shape index (κ1) is 11.6. The van der Waals surface area contributed by atoms with Gasteiger partial charge in [-0.1, -0.05) is 0 Å². The van der Waals surface area contributed by atoms with Crippen LogP contribution in [0.1, 0.15) is 19.3 Å². The smallest absolute Gasteiger partial charge is 0.238 e. The van der Waals surface area contributed by atoms with Crippen molar-refractivity contribution in [2.75, 3.05) is 11.5 Å². The molecule has 0 saturated carbocycles. The van der Waals surface area contributed by atoms with Crippen LogP contribution in [-0.4, -0.2) is 22.5 Å². The van der Waals surface area contributed by atoms with E-state index >= 15 is 0 Å². The number of carbonyl (C=O) groups is 1. The minimum atomic E-state index is -0.0327. The summed E-state index contributed by atoms with van der Waals surface area (Å²) in [6, 6.07) is 0. The van der Waals surface area contributed by atoms with Crippen molar-refractivity contribution in [3.05, 3.63) is 0 Å². The molecule has 1 aliphatic heterocycles. The van der Waals surface area contributed by atoms with Gasteiger partial charge in [-0.05, 0) is 42.5 Å². The summed E-state index contributed by atoms with van der Waals surface area (Å²) < 4.78 is 0. The summed E-state index contributed by atoms with van der Waals surface area (Å²) in [6.45, 7) is 0. The van der Waals surface area contributed by atoms with Gasteiger partial charge in [-0.3, -0.25) is 15.6 Å². The van der Waals surface area contributed by atoms with Crippen molar-refractivity contribution in [2.24, 2.45) is 11.7 Å². The maximum Gasteiger partial charge on any atom is 0.238 e. The minimum absolute atomic E-state index is 0.0327. The van der Waals surface area contributed by atoms with Crippen molar-refractivity contribution in [2.45, 2.75) is 19.3 Å². The first-order valence-corrected chi connectivity index (χ1v) is 6.17. The van der Waals surface area contributed by atoms with Gasteiger partial charge in [0.1, 0.15) is 0 Å². The van der Waals surface area contributed by atoms with Crippen molar-refractivity contribution in [3.8, 4) is 0 Å². The standard InChI is InChI=1S/C8H15N3OS2/c9-8(13)11-10-7(12)5-6-1-3-14-4-2-6/h6H,1-5H2,(H,10,12)(H3,9,11,13). The number of amides is 1. The predicted octanol–water partition coefficient (Wildman–Crippen LogP) is 0.384. The molecule has 0 atom stereocenters. The molecule has 6 heteroatoms. The van der Waals surface area contributed by atoms with Gasteiger partial charge in [0.25, 0.3) is 0 Å². The molecule has 1 heterocycles. The number of hydrogen-bond donors (Lipinski definition) is 3. The molecule has 14 heavy (non-hydrogen) atoms. The number of rotatable bonds is 2. The van der Waals surface area contributed by atoms with Crippen LogP contribution in [0.15, 0.2) is 0 Å². The van der Waals surface area contributed by atoms with Gasteiger partial charge in [0, 0.05) is 6.42 Å². The van der Waals surface area contributed by atoms with E-state index in [2.05, 4.69) is 23.1 Å². The molecular weight excluding hydrogens is 218 g/mol. The first-order valence-electron chi connectivity index (χ1n) is 4.60. The van der Waals surface area contributed by atoms with Gasteiger partial charge in [0.2, 0.25) is 5.91 Å². The maximum absolute atomic E-state index is 11.3. The van der Waals surface area contributed by atoms with Crippen LogP contribution in [0.25, 0.3) is 0 Å². The minimum Gasteiger partial charge on any atom is -0.375 e. The summed E-state index contributed by atoms with van der Waals surface area (Å²) in [6.07, 6.45) is 2.83. The highest BCUT2D eigenvalue weighted by Crippen LogP contribution is 2.24. The quantitative estimate of drug-likeness (QED) is 0.475. The zero-order chi connectivity index (χ0) is 10.4. The molecule has 0 aromatic rings. The molecule has 0 aromatic carbocycles. The average Bonchev–Trinajstić information content (AvgIpc) is 2.16. The Hall–Kier alpha value is -0.490. The molecule has 0 unspecified atom stereocenters. The highest BCUT2D eigenvalue weighted by Gasteiger charge is 2.16. The van der Waals surface area contributed by atoms with Crippen LogP contribution in [-0.2, 0) is 4.79 Å². The van der Waals surface area contributed by atoms with Gasteiger partial charge in [0.05, 0.1) is 0 Å². The second-order valence-corrected chi connectivity index (χ2v) is 4.96. The van der Waals surface area contributed by atoms with Crippen molar-refractivity contribution in [1.29, 1.82) is 0 Å². The second kappa shape index (κ2) is 6.08. The fraction of sp³-hybridized carbons (Fsp3) is 0.750. The highest BCUT2D eigenvalue weighted by molar-refractivity contribution is 7.99. The van der Waals surface area contributed by atoms with Crippen molar-refractivity contribution >= 4 is 35.0 Å². The molecule has 1 rings (SSSR count). The van der Waals surface area contributed by atoms with Gasteiger partial charge in [-0.15, -0.1) is 0 Å². The Labute approximate surface area is 93.3 Å². The number of thioether (sulfide) groups is 1. The third-order valence-electron chi connectivity index (χ3n) is 2.14. The first-order chi connectivity index (χ1) is 6.68. The van der Waals surface area contributed by atoms with Crippen LogP contribution in [0.4, 0.5) is 0 Å². The van der Waals surface area contributed by atoms with Crippen LogP contribution in [0.5, 0.6) is 0 Å². The van der Waals surface area contributed by atoms with Crippen LogP contribution in [0.3, 0.4) is 0 Å². The molecule has 1 fully saturated rings. The zero-order valence-electron chi connectivity index (χ0n) is 7.91. The van der Waals surface area contributed by atoms with E-state index in [1.54, 1.807) is 0 Å². The van der Waals surface area contributed by atoms with Crippen LogP contribution < -0.4 is 16.6 Å². The third-order valence-corrected chi connectivity index (χ3v) is 3.29. The molecule has 0 spiro atoms. The Morgan fingerprint density at radius 2 is 2.07 bits per heavy atom. The van der Waals surface area contributed by atoms with Gasteiger partial charge in [0.15, 0.2) is 5.11 Å². The van der Waals surface area contributed by atoms with E-state index in [1.807, 2.05) is 11.8 Å². The average molecular weight is 233 g/mol. The lowest BCUT2D eigenvalue weighted by Crippen LogP contribution is -2.44. The predicted molar refractivity (Wildman–Crippen MR) is 62.7 cm³/mol. The number of hydrazine groups is 1. The van der Waals surface area contributed by atoms with E-state index < -0.39 is 0 Å². The number of thiocarbonyl (C=S) groups is 1. The van der Waals surface area contributed by atoms with Gasteiger partial charge < -0.3 is 5.73 Å². The van der Waals surface area contributed by atoms with Crippen LogP contribution in [0.2, 0.25) is 0 Å². The van der Waals surface area contributed by atoms with E-state index in [0.717, 1.165) is 12.8 Å². The number of carbonyl (C=O) groups excluding carboxylic acids is 1. The fourth-order valence-corrected chi connectivity index (χ4v) is 2.65. The summed E-state index contributed by atoms with van der Waals surface area (Å²) in [7, 11) is 0. The lowest BCUT2D eigenvalue weighted by atomic mass is 9.99. The van der Waals surface area contributed by atoms with Gasteiger partial charge in [-0.25, -0.2) is 0 Å². The van der Waals surface area contributed by atoms with Crippen LogP contribution in [0, 0.1) is 5.92 Å². The lowest BCUT2D eigenvalue weighted by molar-refractivity contribution is -0.122. The highest BCUT2D eigenvalue weighted by atomic mass is 32.2. The summed E-state index contributed by atoms with van der Waals surface area (Å²) in [5.41, 5.74) is 10.1. The summed E-state index contributed by atoms with van der Waals surface area (Å²) in [4.78, 5) is 11.3. The monoisotopic (exact) mass is 233 g/mol. The second-order valence-electron chi connectivity index (χ2n) is 3.30. The Morgan fingerprint density at radius 3 is 2.64 bits per heavy atom. The number of nitrogens with one attached hydrogen (secondary N) is 2. The molecule has 1 amide bonds.